The predicted octanol–water partition coefficient (Wildman–Crippen LogP) is 1.70. The topological polar surface area (TPSA) is 50.3 Å². The summed E-state index contributed by atoms with van der Waals surface area (Å²) in [4.78, 5) is 11.2. The summed E-state index contributed by atoms with van der Waals surface area (Å²) in [5.41, 5.74) is 0.966. The maximum absolute atomic E-state index is 5.46. The van der Waals surface area contributed by atoms with Crippen LogP contribution >= 0.6 is 0 Å². The van der Waals surface area contributed by atoms with Crippen LogP contribution in [0.2, 0.25) is 0 Å². The Morgan fingerprint density at radius 3 is 2.85 bits per heavy atom. The van der Waals surface area contributed by atoms with Crippen LogP contribution in [0.15, 0.2) is 12.4 Å². The van der Waals surface area contributed by atoms with Gasteiger partial charge in [-0.05, 0) is 32.1 Å². The lowest BCUT2D eigenvalue weighted by molar-refractivity contribution is 0.154. The van der Waals surface area contributed by atoms with Crippen molar-refractivity contribution in [3.8, 4) is 0 Å². The van der Waals surface area contributed by atoms with E-state index in [4.69, 9.17) is 4.74 Å². The van der Waals surface area contributed by atoms with E-state index in [9.17, 15) is 0 Å². The van der Waals surface area contributed by atoms with Crippen molar-refractivity contribution in [3.63, 3.8) is 0 Å². The lowest BCUT2D eigenvalue weighted by Crippen LogP contribution is -2.41. The number of rotatable bonds is 4. The smallest absolute Gasteiger partial charge is 0.145 e. The van der Waals surface area contributed by atoms with E-state index in [2.05, 4.69) is 20.2 Å². The van der Waals surface area contributed by atoms with Gasteiger partial charge in [0, 0.05) is 38.5 Å². The van der Waals surface area contributed by atoms with E-state index in [0.29, 0.717) is 6.04 Å². The van der Waals surface area contributed by atoms with Crippen LogP contribution in [0.4, 0.5) is 5.82 Å². The molecule has 20 heavy (non-hydrogen) atoms. The molecule has 2 fully saturated rings. The fraction of sp³-hybridized carbons (Fsp3) is 0.733. The largest absolute Gasteiger partial charge is 0.381 e. The van der Waals surface area contributed by atoms with Gasteiger partial charge < -0.3 is 15.0 Å². The van der Waals surface area contributed by atoms with Gasteiger partial charge in [-0.1, -0.05) is 0 Å². The molecule has 5 heteroatoms. The molecule has 3 heterocycles. The molecule has 1 atom stereocenters. The number of aryl methyl sites for hydroxylation is 1. The van der Waals surface area contributed by atoms with Gasteiger partial charge in [-0.25, -0.2) is 4.98 Å². The summed E-state index contributed by atoms with van der Waals surface area (Å²) in [5.74, 6) is 1.66. The van der Waals surface area contributed by atoms with E-state index in [1.165, 1.54) is 38.9 Å². The number of piperidine rings is 1. The first-order valence-corrected chi connectivity index (χ1v) is 7.65. The first kappa shape index (κ1) is 13.8. The monoisotopic (exact) mass is 276 g/mol. The van der Waals surface area contributed by atoms with Crippen molar-refractivity contribution in [2.24, 2.45) is 5.92 Å². The number of likely N-dealkylation sites (tertiary alicyclic amines) is 1. The predicted molar refractivity (Wildman–Crippen MR) is 78.8 cm³/mol. The van der Waals surface area contributed by atoms with E-state index in [-0.39, 0.29) is 0 Å². The molecule has 1 unspecified atom stereocenters. The number of nitrogens with one attached hydrogen (secondary N) is 1. The molecule has 0 bridgehead atoms. The summed E-state index contributed by atoms with van der Waals surface area (Å²) < 4.78 is 5.46. The quantitative estimate of drug-likeness (QED) is 0.907. The molecule has 2 aliphatic rings. The average Bonchev–Trinajstić information content (AvgIpc) is 2.94. The SMILES string of the molecule is Cc1cncc(NC2CCN(CC3CCOC3)CC2)n1. The van der Waals surface area contributed by atoms with Gasteiger partial charge in [0.15, 0.2) is 0 Å². The van der Waals surface area contributed by atoms with Gasteiger partial charge in [-0.3, -0.25) is 4.98 Å². The molecule has 0 spiro atoms. The molecule has 0 saturated carbocycles. The van der Waals surface area contributed by atoms with Crippen molar-refractivity contribution in [1.82, 2.24) is 14.9 Å². The summed E-state index contributed by atoms with van der Waals surface area (Å²) in [6.07, 6.45) is 7.20. The van der Waals surface area contributed by atoms with Crippen LogP contribution in [0.1, 0.15) is 25.0 Å². The normalized spacial score (nSPS) is 24.9. The second kappa shape index (κ2) is 6.50. The van der Waals surface area contributed by atoms with Gasteiger partial charge in [-0.15, -0.1) is 0 Å². The maximum atomic E-state index is 5.46. The summed E-state index contributed by atoms with van der Waals surface area (Å²) in [6, 6.07) is 0.530. The minimum absolute atomic E-state index is 0.530. The Kier molecular flexibility index (Phi) is 4.47. The molecule has 0 aliphatic carbocycles. The molecule has 5 nitrogen and oxygen atoms in total. The fourth-order valence-corrected chi connectivity index (χ4v) is 3.09. The zero-order valence-corrected chi connectivity index (χ0v) is 12.2. The number of anilines is 1. The highest BCUT2D eigenvalue weighted by Gasteiger charge is 2.23. The number of hydrogen-bond donors (Lipinski definition) is 1. The maximum Gasteiger partial charge on any atom is 0.145 e. The number of hydrogen-bond acceptors (Lipinski definition) is 5. The van der Waals surface area contributed by atoms with Crippen LogP contribution in [-0.4, -0.2) is 53.8 Å². The molecule has 110 valence electrons. The molecule has 2 saturated heterocycles. The summed E-state index contributed by atoms with van der Waals surface area (Å²) >= 11 is 0. The van der Waals surface area contributed by atoms with Gasteiger partial charge in [0.25, 0.3) is 0 Å². The van der Waals surface area contributed by atoms with E-state index in [1.807, 2.05) is 13.1 Å². The highest BCUT2D eigenvalue weighted by molar-refractivity contribution is 5.33. The Labute approximate surface area is 120 Å². The van der Waals surface area contributed by atoms with Gasteiger partial charge in [0.05, 0.1) is 18.5 Å². The number of nitrogens with zero attached hydrogens (tertiary/aromatic N) is 3. The van der Waals surface area contributed by atoms with Crippen LogP contribution in [0.25, 0.3) is 0 Å². The van der Waals surface area contributed by atoms with Crippen molar-refractivity contribution in [2.75, 3.05) is 38.2 Å². The zero-order chi connectivity index (χ0) is 13.8. The van der Waals surface area contributed by atoms with Crippen LogP contribution in [0.5, 0.6) is 0 Å². The number of ether oxygens (including phenoxy) is 1. The minimum Gasteiger partial charge on any atom is -0.381 e. The molecule has 1 aromatic heterocycles. The highest BCUT2D eigenvalue weighted by Crippen LogP contribution is 2.19. The minimum atomic E-state index is 0.530. The van der Waals surface area contributed by atoms with Gasteiger partial charge >= 0.3 is 0 Å². The molecule has 1 N–H and O–H groups in total. The third-order valence-corrected chi connectivity index (χ3v) is 4.23. The number of aromatic nitrogens is 2. The summed E-state index contributed by atoms with van der Waals surface area (Å²) in [6.45, 7) is 7.44. The Bertz CT molecular complexity index is 426. The van der Waals surface area contributed by atoms with Gasteiger partial charge in [-0.2, -0.15) is 0 Å². The van der Waals surface area contributed by atoms with Gasteiger partial charge in [0.1, 0.15) is 5.82 Å². The average molecular weight is 276 g/mol. The van der Waals surface area contributed by atoms with E-state index < -0.39 is 0 Å². The standard InChI is InChI=1S/C15H24N4O/c1-12-8-16-9-15(17-12)18-14-2-5-19(6-3-14)10-13-4-7-20-11-13/h8-9,13-14H,2-7,10-11H2,1H3,(H,17,18). The highest BCUT2D eigenvalue weighted by atomic mass is 16.5. The second-order valence-corrected chi connectivity index (χ2v) is 5.99. The van der Waals surface area contributed by atoms with E-state index in [1.54, 1.807) is 6.20 Å². The molecule has 2 aliphatic heterocycles. The van der Waals surface area contributed by atoms with Crippen molar-refractivity contribution >= 4 is 5.82 Å². The summed E-state index contributed by atoms with van der Waals surface area (Å²) in [7, 11) is 0. The first-order valence-electron chi connectivity index (χ1n) is 7.65. The Morgan fingerprint density at radius 2 is 2.15 bits per heavy atom. The van der Waals surface area contributed by atoms with Crippen LogP contribution in [0, 0.1) is 12.8 Å². The van der Waals surface area contributed by atoms with Crippen LogP contribution in [0.3, 0.4) is 0 Å². The lowest BCUT2D eigenvalue weighted by atomic mass is 10.0. The first-order chi connectivity index (χ1) is 9.79. The Balaban J connectivity index is 1.43. The third-order valence-electron chi connectivity index (χ3n) is 4.23. The lowest BCUT2D eigenvalue weighted by Gasteiger charge is -2.33. The molecule has 0 radical (unpaired) electrons. The molecule has 3 rings (SSSR count). The fourth-order valence-electron chi connectivity index (χ4n) is 3.09. The van der Waals surface area contributed by atoms with Crippen molar-refractivity contribution in [1.29, 1.82) is 0 Å². The van der Waals surface area contributed by atoms with Crippen molar-refractivity contribution in [2.45, 2.75) is 32.2 Å². The van der Waals surface area contributed by atoms with Crippen molar-refractivity contribution < 1.29 is 4.74 Å². The second-order valence-electron chi connectivity index (χ2n) is 5.99. The van der Waals surface area contributed by atoms with Gasteiger partial charge in [0.2, 0.25) is 0 Å². The summed E-state index contributed by atoms with van der Waals surface area (Å²) in [5, 5.41) is 3.51. The van der Waals surface area contributed by atoms with Crippen LogP contribution < -0.4 is 5.32 Å². The molecule has 0 amide bonds. The van der Waals surface area contributed by atoms with Crippen LogP contribution in [-0.2, 0) is 4.74 Å². The van der Waals surface area contributed by atoms with Crippen molar-refractivity contribution in [3.05, 3.63) is 18.1 Å². The molecule has 0 aromatic carbocycles. The van der Waals surface area contributed by atoms with E-state index in [0.717, 1.165) is 30.6 Å². The Morgan fingerprint density at radius 1 is 1.30 bits per heavy atom. The molecular weight excluding hydrogens is 252 g/mol. The molecular formula is C15H24N4O. The molecule has 1 aromatic rings. The third kappa shape index (κ3) is 3.67. The van der Waals surface area contributed by atoms with E-state index >= 15 is 0 Å². The zero-order valence-electron chi connectivity index (χ0n) is 12.2. The Hall–Kier alpha value is -1.20.